The van der Waals surface area contributed by atoms with E-state index in [1.54, 1.807) is 0 Å². The van der Waals surface area contributed by atoms with E-state index in [1.807, 2.05) is 5.32 Å². The minimum atomic E-state index is -4.60. The highest BCUT2D eigenvalue weighted by Crippen LogP contribution is 2.40. The largest absolute Gasteiger partial charge is 0.481 e. The van der Waals surface area contributed by atoms with E-state index in [2.05, 4.69) is 6.58 Å². The van der Waals surface area contributed by atoms with Crippen LogP contribution in [0.3, 0.4) is 0 Å². The number of carboxylic acid groups (broad SMARTS) is 2. The fourth-order valence-electron chi connectivity index (χ4n) is 0.901. The Morgan fingerprint density at radius 2 is 1.88 bits per heavy atom. The molecule has 5 N–H and O–H groups in total. The minimum absolute atomic E-state index is 0.792. The molecule has 0 aliphatic carbocycles. The van der Waals surface area contributed by atoms with Crippen molar-refractivity contribution in [3.63, 3.8) is 0 Å². The zero-order chi connectivity index (χ0) is 12.9. The van der Waals surface area contributed by atoms with Crippen molar-refractivity contribution in [1.82, 2.24) is 5.32 Å². The molecular formula is C7H12NO7P. The summed E-state index contributed by atoms with van der Waals surface area (Å²) in [5, 5.41) is 19.0. The van der Waals surface area contributed by atoms with Crippen molar-refractivity contribution in [3.05, 3.63) is 12.7 Å². The maximum absolute atomic E-state index is 10.8. The molecular weight excluding hydrogens is 241 g/mol. The van der Waals surface area contributed by atoms with Gasteiger partial charge in [-0.05, 0) is 0 Å². The fourth-order valence-corrected chi connectivity index (χ4v) is 1.55. The molecule has 0 saturated heterocycles. The number of nitrogens with one attached hydrogen (secondary N) is 1. The van der Waals surface area contributed by atoms with Crippen LogP contribution in [0, 0.1) is 0 Å². The Labute approximate surface area is 90.8 Å². The van der Waals surface area contributed by atoms with E-state index in [9.17, 15) is 14.2 Å². The van der Waals surface area contributed by atoms with E-state index in [1.165, 1.54) is 0 Å². The Kier molecular flexibility index (Phi) is 5.32. The van der Waals surface area contributed by atoms with Gasteiger partial charge in [0.25, 0.3) is 0 Å². The van der Waals surface area contributed by atoms with Gasteiger partial charge in [0.05, 0.1) is 6.42 Å². The lowest BCUT2D eigenvalue weighted by Crippen LogP contribution is -2.43. The monoisotopic (exact) mass is 253 g/mol. The van der Waals surface area contributed by atoms with Crippen LogP contribution >= 0.6 is 7.60 Å². The first-order valence-electron chi connectivity index (χ1n) is 4.07. The smallest absolute Gasteiger partial charge is 0.346 e. The normalized spacial score (nSPS) is 15.1. The van der Waals surface area contributed by atoms with Gasteiger partial charge in [-0.2, -0.15) is 0 Å². The van der Waals surface area contributed by atoms with Crippen LogP contribution in [-0.2, 0) is 14.2 Å². The Morgan fingerprint density at radius 1 is 1.38 bits per heavy atom. The van der Waals surface area contributed by atoms with E-state index in [0.29, 0.717) is 0 Å². The second-order valence-electron chi connectivity index (χ2n) is 2.92. The molecule has 0 aromatic heterocycles. The quantitative estimate of drug-likeness (QED) is 0.293. The van der Waals surface area contributed by atoms with E-state index in [0.717, 1.165) is 6.08 Å². The summed E-state index contributed by atoms with van der Waals surface area (Å²) in [5.41, 5.74) is 0. The lowest BCUT2D eigenvalue weighted by molar-refractivity contribution is -0.146. The topological polar surface area (TPSA) is 144 Å². The number of rotatable bonds is 7. The van der Waals surface area contributed by atoms with Gasteiger partial charge in [0.2, 0.25) is 0 Å². The predicted molar refractivity (Wildman–Crippen MR) is 52.8 cm³/mol. The van der Waals surface area contributed by atoms with Gasteiger partial charge in [-0.15, -0.1) is 6.58 Å². The van der Waals surface area contributed by atoms with Crippen molar-refractivity contribution in [2.75, 3.05) is 0 Å². The second-order valence-corrected chi connectivity index (χ2v) is 4.66. The molecule has 0 aliphatic heterocycles. The second kappa shape index (κ2) is 5.76. The molecule has 16 heavy (non-hydrogen) atoms. The molecule has 0 fully saturated rings. The summed E-state index contributed by atoms with van der Waals surface area (Å²) in [6.45, 7) is 3.12. The lowest BCUT2D eigenvalue weighted by Gasteiger charge is -2.20. The molecule has 0 spiro atoms. The maximum Gasteiger partial charge on any atom is 0.346 e. The molecule has 0 heterocycles. The van der Waals surface area contributed by atoms with Crippen LogP contribution in [0.1, 0.15) is 6.42 Å². The number of hydrogen-bond acceptors (Lipinski definition) is 4. The van der Waals surface area contributed by atoms with Gasteiger partial charge in [0.15, 0.2) is 0 Å². The highest BCUT2D eigenvalue weighted by molar-refractivity contribution is 7.52. The third kappa shape index (κ3) is 5.04. The van der Waals surface area contributed by atoms with Crippen LogP contribution in [0.25, 0.3) is 0 Å². The predicted octanol–water partition coefficient (Wildman–Crippen LogP) is -0.806. The maximum atomic E-state index is 10.8. The summed E-state index contributed by atoms with van der Waals surface area (Å²) in [5.74, 6) is -4.50. The van der Waals surface area contributed by atoms with Crippen LogP contribution in [-0.4, -0.2) is 43.8 Å². The average molecular weight is 253 g/mol. The number of carboxylic acids is 2. The standard InChI is InChI=1S/C7H12NO7P/c1-2-5(16(13,14)15)8-4(7(11)12)3-6(9)10/h2,4-5,8H,1,3H2,(H,9,10)(H,11,12)(H2,13,14,15)/t4-,5?/m0/s1. The first-order valence-corrected chi connectivity index (χ1v) is 5.75. The zero-order valence-electron chi connectivity index (χ0n) is 8.11. The Bertz CT molecular complexity index is 336. The van der Waals surface area contributed by atoms with Crippen molar-refractivity contribution in [2.24, 2.45) is 0 Å². The van der Waals surface area contributed by atoms with Crippen molar-refractivity contribution in [2.45, 2.75) is 18.2 Å². The Morgan fingerprint density at radius 3 is 2.12 bits per heavy atom. The summed E-state index contributed by atoms with van der Waals surface area (Å²) in [6, 6.07) is -1.59. The van der Waals surface area contributed by atoms with Gasteiger partial charge < -0.3 is 20.0 Å². The molecule has 8 nitrogen and oxygen atoms in total. The highest BCUT2D eigenvalue weighted by Gasteiger charge is 2.31. The Hall–Kier alpha value is -1.21. The van der Waals surface area contributed by atoms with Gasteiger partial charge in [-0.25, -0.2) is 0 Å². The van der Waals surface area contributed by atoms with Crippen molar-refractivity contribution < 1.29 is 34.2 Å². The fraction of sp³-hybridized carbons (Fsp3) is 0.429. The van der Waals surface area contributed by atoms with Gasteiger partial charge >= 0.3 is 19.5 Å². The first-order chi connectivity index (χ1) is 7.18. The van der Waals surface area contributed by atoms with E-state index < -0.39 is 37.8 Å². The molecule has 1 unspecified atom stereocenters. The van der Waals surface area contributed by atoms with Gasteiger partial charge in [-0.1, -0.05) is 6.08 Å². The highest BCUT2D eigenvalue weighted by atomic mass is 31.2. The number of carbonyl (C=O) groups is 2. The lowest BCUT2D eigenvalue weighted by atomic mass is 10.2. The number of aliphatic carboxylic acids is 2. The van der Waals surface area contributed by atoms with Crippen LogP contribution in [0.2, 0.25) is 0 Å². The zero-order valence-corrected chi connectivity index (χ0v) is 9.00. The molecule has 0 saturated carbocycles. The van der Waals surface area contributed by atoms with Crippen LogP contribution in [0.15, 0.2) is 12.7 Å². The molecule has 92 valence electrons. The molecule has 0 aromatic rings. The molecule has 0 aromatic carbocycles. The summed E-state index contributed by atoms with van der Waals surface area (Å²) in [7, 11) is -4.60. The minimum Gasteiger partial charge on any atom is -0.481 e. The molecule has 9 heteroatoms. The summed E-state index contributed by atoms with van der Waals surface area (Å²) in [6.07, 6.45) is 0.0399. The first kappa shape index (κ1) is 14.8. The number of hydrogen-bond donors (Lipinski definition) is 5. The molecule has 0 bridgehead atoms. The molecule has 2 atom stereocenters. The molecule has 0 rings (SSSR count). The van der Waals surface area contributed by atoms with Gasteiger partial charge in [0.1, 0.15) is 11.8 Å². The molecule has 0 aliphatic rings. The Balaban J connectivity index is 4.73. The van der Waals surface area contributed by atoms with E-state index >= 15 is 0 Å². The third-order valence-electron chi connectivity index (χ3n) is 1.63. The summed E-state index contributed by atoms with van der Waals surface area (Å²) >= 11 is 0. The summed E-state index contributed by atoms with van der Waals surface area (Å²) in [4.78, 5) is 38.5. The average Bonchev–Trinajstić information content (AvgIpc) is 2.08. The summed E-state index contributed by atoms with van der Waals surface area (Å²) < 4.78 is 10.8. The van der Waals surface area contributed by atoms with Crippen LogP contribution in [0.5, 0.6) is 0 Å². The third-order valence-corrected chi connectivity index (χ3v) is 2.72. The van der Waals surface area contributed by atoms with Gasteiger partial charge in [-0.3, -0.25) is 19.5 Å². The van der Waals surface area contributed by atoms with Crippen molar-refractivity contribution >= 4 is 19.5 Å². The van der Waals surface area contributed by atoms with Crippen LogP contribution < -0.4 is 5.32 Å². The van der Waals surface area contributed by atoms with Crippen molar-refractivity contribution in [3.8, 4) is 0 Å². The molecule has 0 radical (unpaired) electrons. The van der Waals surface area contributed by atoms with Gasteiger partial charge in [0, 0.05) is 0 Å². The SMILES string of the molecule is C=CC(N[C@@H](CC(=O)O)C(=O)O)P(=O)(O)O. The van der Waals surface area contributed by atoms with Crippen molar-refractivity contribution in [1.29, 1.82) is 0 Å². The van der Waals surface area contributed by atoms with Crippen LogP contribution in [0.4, 0.5) is 0 Å². The molecule has 0 amide bonds. The van der Waals surface area contributed by atoms with E-state index in [-0.39, 0.29) is 0 Å². The van der Waals surface area contributed by atoms with E-state index in [4.69, 9.17) is 20.0 Å².